The van der Waals surface area contributed by atoms with Gasteiger partial charge in [0, 0.05) is 0 Å². The minimum absolute atomic E-state index is 0.353. The molecule has 2 radical (unpaired) electrons. The average molecular weight is 118 g/mol. The second-order valence-corrected chi connectivity index (χ2v) is 2.22. The van der Waals surface area contributed by atoms with Crippen molar-refractivity contribution in [2.45, 2.75) is 12.8 Å². The maximum atomic E-state index is 3.88. The van der Waals surface area contributed by atoms with Crippen molar-refractivity contribution in [3.63, 3.8) is 0 Å². The van der Waals surface area contributed by atoms with Gasteiger partial charge in [-0.05, 0) is 24.5 Å². The molecule has 0 nitrogen and oxygen atoms in total. The van der Waals surface area contributed by atoms with Crippen LogP contribution in [0.1, 0.15) is 18.4 Å². The lowest BCUT2D eigenvalue weighted by Crippen LogP contribution is -1.84. The second kappa shape index (κ2) is 2.67. The summed E-state index contributed by atoms with van der Waals surface area (Å²) in [6.45, 7) is 5.94. The van der Waals surface area contributed by atoms with Crippen LogP contribution >= 0.6 is 0 Å². The van der Waals surface area contributed by atoms with Crippen LogP contribution in [0.5, 0.6) is 0 Å². The highest BCUT2D eigenvalue weighted by molar-refractivity contribution is 5.17. The number of benzene rings is 1. The fourth-order valence-electron chi connectivity index (χ4n) is 0.714. The van der Waals surface area contributed by atoms with Crippen LogP contribution in [0, 0.1) is 13.0 Å². The highest BCUT2D eigenvalue weighted by atomic mass is 14.0. The van der Waals surface area contributed by atoms with Crippen LogP contribution in [0.4, 0.5) is 0 Å². The second-order valence-electron chi connectivity index (χ2n) is 2.22. The average Bonchev–Trinajstić information content (AvgIpc) is 1.90. The first-order valence-corrected chi connectivity index (χ1v) is 3.10. The summed E-state index contributed by atoms with van der Waals surface area (Å²) in [7, 11) is 0. The van der Waals surface area contributed by atoms with Crippen LogP contribution in [0.2, 0.25) is 0 Å². The summed E-state index contributed by atoms with van der Waals surface area (Å²) < 4.78 is 0. The highest BCUT2D eigenvalue weighted by Crippen LogP contribution is 2.10. The Morgan fingerprint density at radius 1 is 1.56 bits per heavy atom. The monoisotopic (exact) mass is 118 g/mol. The molecule has 0 saturated carbocycles. The Hall–Kier alpha value is -0.780. The SMILES string of the molecule is [CH2]C(C)c1[c]cccc1. The predicted molar refractivity (Wildman–Crippen MR) is 39.1 cm³/mol. The van der Waals surface area contributed by atoms with E-state index < -0.39 is 0 Å². The lowest BCUT2D eigenvalue weighted by Gasteiger charge is -2.00. The zero-order valence-corrected chi connectivity index (χ0v) is 5.59. The standard InChI is InChI=1S/C9H10/c1-8(2)9-6-4-3-5-7-9/h3-6,8H,1H2,2H3. The molecule has 0 aliphatic carbocycles. The quantitative estimate of drug-likeness (QED) is 0.531. The Kier molecular flexibility index (Phi) is 1.88. The zero-order chi connectivity index (χ0) is 6.69. The first kappa shape index (κ1) is 6.34. The summed E-state index contributed by atoms with van der Waals surface area (Å²) in [5.74, 6) is 0.353. The summed E-state index contributed by atoms with van der Waals surface area (Å²) in [6.07, 6.45) is 0. The van der Waals surface area contributed by atoms with Gasteiger partial charge < -0.3 is 0 Å². The molecule has 0 N–H and O–H groups in total. The molecular formula is C9H10. The molecule has 1 rings (SSSR count). The Morgan fingerprint density at radius 2 is 2.33 bits per heavy atom. The van der Waals surface area contributed by atoms with Crippen LogP contribution in [0.15, 0.2) is 24.3 Å². The Morgan fingerprint density at radius 3 is 2.67 bits per heavy atom. The predicted octanol–water partition coefficient (Wildman–Crippen LogP) is 2.42. The molecule has 0 saturated heterocycles. The van der Waals surface area contributed by atoms with Crippen LogP contribution in [-0.2, 0) is 0 Å². The van der Waals surface area contributed by atoms with Gasteiger partial charge in [-0.25, -0.2) is 0 Å². The van der Waals surface area contributed by atoms with Crippen LogP contribution < -0.4 is 0 Å². The summed E-state index contributed by atoms with van der Waals surface area (Å²) in [5, 5.41) is 0. The third-order valence-corrected chi connectivity index (χ3v) is 1.26. The van der Waals surface area contributed by atoms with Gasteiger partial charge in [0.25, 0.3) is 0 Å². The summed E-state index contributed by atoms with van der Waals surface area (Å²) in [6, 6.07) is 11.0. The fraction of sp³-hybridized carbons (Fsp3) is 0.222. The minimum Gasteiger partial charge on any atom is -0.0619 e. The van der Waals surface area contributed by atoms with Gasteiger partial charge in [0.1, 0.15) is 0 Å². The number of rotatable bonds is 1. The van der Waals surface area contributed by atoms with Crippen molar-refractivity contribution in [2.24, 2.45) is 0 Å². The van der Waals surface area contributed by atoms with Crippen molar-refractivity contribution in [1.29, 1.82) is 0 Å². The third-order valence-electron chi connectivity index (χ3n) is 1.26. The molecule has 46 valence electrons. The van der Waals surface area contributed by atoms with Gasteiger partial charge >= 0.3 is 0 Å². The van der Waals surface area contributed by atoms with E-state index in [1.54, 1.807) is 0 Å². The van der Waals surface area contributed by atoms with E-state index in [4.69, 9.17) is 0 Å². The van der Waals surface area contributed by atoms with Crippen molar-refractivity contribution in [2.75, 3.05) is 0 Å². The van der Waals surface area contributed by atoms with E-state index in [1.807, 2.05) is 24.3 Å². The van der Waals surface area contributed by atoms with Crippen LogP contribution in [-0.4, -0.2) is 0 Å². The molecule has 0 fully saturated rings. The van der Waals surface area contributed by atoms with E-state index in [9.17, 15) is 0 Å². The lowest BCUT2D eigenvalue weighted by molar-refractivity contribution is 0.962. The molecule has 0 heteroatoms. The van der Waals surface area contributed by atoms with Crippen LogP contribution in [0.25, 0.3) is 0 Å². The van der Waals surface area contributed by atoms with E-state index >= 15 is 0 Å². The fourth-order valence-corrected chi connectivity index (χ4v) is 0.714. The molecule has 0 aliphatic heterocycles. The Labute approximate surface area is 56.5 Å². The van der Waals surface area contributed by atoms with Crippen molar-refractivity contribution in [3.05, 3.63) is 42.8 Å². The van der Waals surface area contributed by atoms with Gasteiger partial charge in [-0.2, -0.15) is 0 Å². The molecule has 0 aromatic heterocycles. The first-order chi connectivity index (χ1) is 4.30. The minimum atomic E-state index is 0.353. The molecule has 1 unspecified atom stereocenters. The molecule has 0 spiro atoms. The summed E-state index contributed by atoms with van der Waals surface area (Å²) in [5.41, 5.74) is 1.18. The third kappa shape index (κ3) is 1.56. The number of hydrogen-bond donors (Lipinski definition) is 0. The highest BCUT2D eigenvalue weighted by Gasteiger charge is 1.94. The maximum absolute atomic E-state index is 3.88. The number of hydrogen-bond acceptors (Lipinski definition) is 0. The zero-order valence-electron chi connectivity index (χ0n) is 5.59. The van der Waals surface area contributed by atoms with E-state index in [0.29, 0.717) is 5.92 Å². The van der Waals surface area contributed by atoms with E-state index in [1.165, 1.54) is 5.56 Å². The molecule has 0 aliphatic rings. The Bertz CT molecular complexity index is 163. The van der Waals surface area contributed by atoms with Gasteiger partial charge in [0.05, 0.1) is 0 Å². The molecule has 0 amide bonds. The van der Waals surface area contributed by atoms with Crippen LogP contribution in [0.3, 0.4) is 0 Å². The molecular weight excluding hydrogens is 108 g/mol. The van der Waals surface area contributed by atoms with Crippen molar-refractivity contribution < 1.29 is 0 Å². The van der Waals surface area contributed by atoms with E-state index in [0.717, 1.165) is 0 Å². The van der Waals surface area contributed by atoms with E-state index in [2.05, 4.69) is 19.9 Å². The molecule has 9 heavy (non-hydrogen) atoms. The van der Waals surface area contributed by atoms with E-state index in [-0.39, 0.29) is 0 Å². The Balaban J connectivity index is 2.85. The molecule has 1 atom stereocenters. The summed E-state index contributed by atoms with van der Waals surface area (Å²) in [4.78, 5) is 0. The van der Waals surface area contributed by atoms with Crippen molar-refractivity contribution in [3.8, 4) is 0 Å². The van der Waals surface area contributed by atoms with Crippen molar-refractivity contribution >= 4 is 0 Å². The smallest absolute Gasteiger partial charge is 0.0146 e. The lowest BCUT2D eigenvalue weighted by atomic mass is 10.0. The molecule has 1 aromatic carbocycles. The van der Waals surface area contributed by atoms with Gasteiger partial charge in [-0.1, -0.05) is 31.2 Å². The molecule has 1 aromatic rings. The molecule has 0 heterocycles. The van der Waals surface area contributed by atoms with Gasteiger partial charge in [-0.15, -0.1) is 0 Å². The summed E-state index contributed by atoms with van der Waals surface area (Å²) >= 11 is 0. The van der Waals surface area contributed by atoms with Gasteiger partial charge in [-0.3, -0.25) is 0 Å². The van der Waals surface area contributed by atoms with Crippen molar-refractivity contribution in [1.82, 2.24) is 0 Å². The normalized spacial score (nSPS) is 10.1. The molecule has 0 bridgehead atoms. The largest absolute Gasteiger partial charge is 0.0619 e. The van der Waals surface area contributed by atoms with Gasteiger partial charge in [0.15, 0.2) is 0 Å². The van der Waals surface area contributed by atoms with Gasteiger partial charge in [0.2, 0.25) is 0 Å². The topological polar surface area (TPSA) is 0 Å². The first-order valence-electron chi connectivity index (χ1n) is 3.10. The maximum Gasteiger partial charge on any atom is -0.0146 e.